The van der Waals surface area contributed by atoms with Crippen molar-refractivity contribution in [1.82, 2.24) is 14.6 Å². The van der Waals surface area contributed by atoms with Crippen molar-refractivity contribution in [3.63, 3.8) is 0 Å². The Balaban J connectivity index is 0.00000180. The molecule has 190 valence electrons. The number of ether oxygens (including phenoxy) is 1. The summed E-state index contributed by atoms with van der Waals surface area (Å²) in [5.41, 5.74) is 3.87. The van der Waals surface area contributed by atoms with Gasteiger partial charge in [-0.3, -0.25) is 9.59 Å². The molecule has 2 atom stereocenters. The van der Waals surface area contributed by atoms with Crippen molar-refractivity contribution in [2.45, 2.75) is 37.8 Å². The number of methoxy groups -OCH3 is 1. The molecule has 36 heavy (non-hydrogen) atoms. The van der Waals surface area contributed by atoms with Crippen LogP contribution in [0.2, 0.25) is 5.02 Å². The van der Waals surface area contributed by atoms with Crippen molar-refractivity contribution in [3.05, 3.63) is 79.6 Å². The van der Waals surface area contributed by atoms with Crippen LogP contribution in [-0.4, -0.2) is 33.8 Å². The standard InChI is InChI=1S/C25H24ClN5O3.2ClH/c1-34-17-11-12-19-18(14-17)23(29-22(27-19)13-8-15-6-9-16(26)10-7-15)28-20-4-2-3-5-21(20)30-31-24(32)25(31)33;;/h6-14,20-21,30H,2-5H2,1H3,(H,27,28,29);2*1H/t20-,21+;;/m0../s1. The number of nitrogens with zero attached hydrogens (tertiary/aromatic N) is 3. The summed E-state index contributed by atoms with van der Waals surface area (Å²) in [7, 11) is 1.62. The minimum absolute atomic E-state index is 0. The minimum atomic E-state index is -0.490. The van der Waals surface area contributed by atoms with E-state index in [1.54, 1.807) is 7.11 Å². The van der Waals surface area contributed by atoms with Crippen LogP contribution in [0.15, 0.2) is 52.1 Å². The quantitative estimate of drug-likeness (QED) is 0.323. The van der Waals surface area contributed by atoms with E-state index in [0.29, 0.717) is 22.4 Å². The summed E-state index contributed by atoms with van der Waals surface area (Å²) in [6.07, 6.45) is 7.62. The molecule has 8 nitrogen and oxygen atoms in total. The Morgan fingerprint density at radius 2 is 1.67 bits per heavy atom. The summed E-state index contributed by atoms with van der Waals surface area (Å²) in [4.78, 5) is 32.5. The van der Waals surface area contributed by atoms with E-state index in [4.69, 9.17) is 26.3 Å². The molecule has 5 rings (SSSR count). The van der Waals surface area contributed by atoms with Gasteiger partial charge >= 0.3 is 11.1 Å². The van der Waals surface area contributed by atoms with Gasteiger partial charge in [0.05, 0.1) is 18.7 Å². The molecule has 0 spiro atoms. The zero-order valence-corrected chi connectivity index (χ0v) is 21.8. The van der Waals surface area contributed by atoms with Gasteiger partial charge < -0.3 is 15.5 Å². The Hall–Kier alpha value is -3.07. The van der Waals surface area contributed by atoms with E-state index in [-0.39, 0.29) is 36.9 Å². The minimum Gasteiger partial charge on any atom is -0.497 e. The Morgan fingerprint density at radius 1 is 0.972 bits per heavy atom. The highest BCUT2D eigenvalue weighted by molar-refractivity contribution is 6.30. The van der Waals surface area contributed by atoms with E-state index in [1.807, 2.05) is 54.6 Å². The zero-order valence-electron chi connectivity index (χ0n) is 19.4. The van der Waals surface area contributed by atoms with Crippen molar-refractivity contribution in [2.24, 2.45) is 0 Å². The molecule has 2 N–H and O–H groups in total. The summed E-state index contributed by atoms with van der Waals surface area (Å²) in [5, 5.41) is 5.09. The van der Waals surface area contributed by atoms with Crippen LogP contribution in [0.1, 0.15) is 37.1 Å². The summed E-state index contributed by atoms with van der Waals surface area (Å²) < 4.78 is 6.51. The van der Waals surface area contributed by atoms with E-state index in [2.05, 4.69) is 10.7 Å². The largest absolute Gasteiger partial charge is 0.497 e. The maximum atomic E-state index is 11.5. The fourth-order valence-electron chi connectivity index (χ4n) is 4.23. The second kappa shape index (κ2) is 11.8. The molecule has 2 aromatic carbocycles. The topological polar surface area (TPSA) is 98.1 Å². The highest BCUT2D eigenvalue weighted by Crippen LogP contribution is 2.29. The zero-order chi connectivity index (χ0) is 23.7. The first-order valence-electron chi connectivity index (χ1n) is 11.2. The summed E-state index contributed by atoms with van der Waals surface area (Å²) in [6, 6.07) is 13.1. The summed E-state index contributed by atoms with van der Waals surface area (Å²) >= 11 is 5.98. The number of benzene rings is 2. The predicted octanol–water partition coefficient (Wildman–Crippen LogP) is 4.67. The van der Waals surface area contributed by atoms with Crippen LogP contribution >= 0.6 is 36.4 Å². The highest BCUT2D eigenvalue weighted by atomic mass is 35.5. The van der Waals surface area contributed by atoms with Crippen molar-refractivity contribution < 1.29 is 4.74 Å². The lowest BCUT2D eigenvalue weighted by Gasteiger charge is -2.33. The van der Waals surface area contributed by atoms with Gasteiger partial charge in [0.25, 0.3) is 0 Å². The van der Waals surface area contributed by atoms with Gasteiger partial charge in [-0.15, -0.1) is 24.8 Å². The van der Waals surface area contributed by atoms with Crippen LogP contribution in [0, 0.1) is 0 Å². The number of aromatic nitrogens is 3. The van der Waals surface area contributed by atoms with Gasteiger partial charge in [0.15, 0.2) is 5.82 Å². The second-order valence-electron chi connectivity index (χ2n) is 8.41. The molecule has 11 heteroatoms. The number of hydrogen-bond acceptors (Lipinski definition) is 7. The first-order valence-corrected chi connectivity index (χ1v) is 11.6. The molecular formula is C25H26Cl3N5O3. The van der Waals surface area contributed by atoms with E-state index < -0.39 is 11.1 Å². The monoisotopic (exact) mass is 549 g/mol. The Kier molecular flexibility index (Phi) is 9.00. The third-order valence-corrected chi connectivity index (χ3v) is 6.39. The Labute approximate surface area is 225 Å². The third kappa shape index (κ3) is 6.00. The Bertz CT molecular complexity index is 1410. The predicted molar refractivity (Wildman–Crippen MR) is 149 cm³/mol. The molecule has 2 heterocycles. The highest BCUT2D eigenvalue weighted by Gasteiger charge is 2.29. The fourth-order valence-corrected chi connectivity index (χ4v) is 4.36. The van der Waals surface area contributed by atoms with Gasteiger partial charge in [-0.1, -0.05) is 42.7 Å². The van der Waals surface area contributed by atoms with Gasteiger partial charge in [0.1, 0.15) is 11.6 Å². The van der Waals surface area contributed by atoms with Gasteiger partial charge in [0.2, 0.25) is 0 Å². The molecular weight excluding hydrogens is 525 g/mol. The molecule has 1 fully saturated rings. The van der Waals surface area contributed by atoms with Crippen molar-refractivity contribution in [2.75, 3.05) is 17.9 Å². The molecule has 0 bridgehead atoms. The molecule has 0 radical (unpaired) electrons. The average molecular weight is 551 g/mol. The SMILES string of the molecule is COc1ccc2nc(C=Cc3ccc(Cl)cc3)nc(N[C@H]3CCCC[C@H]3Nn3c(=O)c3=O)c2c1.Cl.Cl. The van der Waals surface area contributed by atoms with Crippen LogP contribution < -0.4 is 26.6 Å². The molecule has 0 unspecified atom stereocenters. The molecule has 1 aliphatic rings. The summed E-state index contributed by atoms with van der Waals surface area (Å²) in [6.45, 7) is 0. The molecule has 0 saturated heterocycles. The first-order chi connectivity index (χ1) is 16.5. The second-order valence-corrected chi connectivity index (χ2v) is 8.85. The van der Waals surface area contributed by atoms with Gasteiger partial charge in [-0.05, 0) is 54.8 Å². The van der Waals surface area contributed by atoms with Crippen molar-refractivity contribution >= 4 is 65.3 Å². The smallest absolute Gasteiger partial charge is 0.340 e. The maximum absolute atomic E-state index is 11.5. The molecule has 0 aliphatic heterocycles. The lowest BCUT2D eigenvalue weighted by Crippen LogP contribution is -2.45. The number of nitrogens with one attached hydrogen (secondary N) is 2. The summed E-state index contributed by atoms with van der Waals surface area (Å²) in [5.74, 6) is 1.95. The maximum Gasteiger partial charge on any atom is 0.340 e. The lowest BCUT2D eigenvalue weighted by molar-refractivity contribution is 0.405. The van der Waals surface area contributed by atoms with Gasteiger partial charge in [-0.2, -0.15) is 4.68 Å². The number of fused-ring (bicyclic) bond motifs is 1. The van der Waals surface area contributed by atoms with E-state index in [0.717, 1.165) is 46.8 Å². The van der Waals surface area contributed by atoms with E-state index in [1.165, 1.54) is 0 Å². The first kappa shape index (κ1) is 27.5. The van der Waals surface area contributed by atoms with Gasteiger partial charge in [0, 0.05) is 16.5 Å². The molecule has 1 aliphatic carbocycles. The van der Waals surface area contributed by atoms with Crippen LogP contribution in [-0.2, 0) is 0 Å². The average Bonchev–Trinajstić information content (AvgIpc) is 3.43. The van der Waals surface area contributed by atoms with E-state index in [9.17, 15) is 9.59 Å². The van der Waals surface area contributed by atoms with Crippen LogP contribution in [0.4, 0.5) is 5.82 Å². The van der Waals surface area contributed by atoms with Crippen LogP contribution in [0.5, 0.6) is 5.75 Å². The molecule has 0 amide bonds. The van der Waals surface area contributed by atoms with Gasteiger partial charge in [-0.25, -0.2) is 9.97 Å². The number of halogens is 3. The molecule has 1 saturated carbocycles. The number of hydrogen-bond donors (Lipinski definition) is 2. The lowest BCUT2D eigenvalue weighted by atomic mass is 9.90. The van der Waals surface area contributed by atoms with Crippen molar-refractivity contribution in [3.8, 4) is 5.75 Å². The third-order valence-electron chi connectivity index (χ3n) is 6.14. The normalized spacial score (nSPS) is 17.5. The van der Waals surface area contributed by atoms with Crippen LogP contribution in [0.25, 0.3) is 23.1 Å². The number of anilines is 1. The fraction of sp³-hybridized carbons (Fsp3) is 0.280. The molecule has 2 aromatic heterocycles. The van der Waals surface area contributed by atoms with Crippen molar-refractivity contribution in [1.29, 1.82) is 0 Å². The Morgan fingerprint density at radius 3 is 2.33 bits per heavy atom. The van der Waals surface area contributed by atoms with E-state index >= 15 is 0 Å². The molecule has 4 aromatic rings. The number of rotatable bonds is 7. The van der Waals surface area contributed by atoms with Crippen LogP contribution in [0.3, 0.4) is 0 Å².